The highest BCUT2D eigenvalue weighted by Crippen LogP contribution is 2.45. The number of halogens is 3. The van der Waals surface area contributed by atoms with Crippen LogP contribution in [0, 0.1) is 0 Å². The fourth-order valence-electron chi connectivity index (χ4n) is 2.59. The van der Waals surface area contributed by atoms with E-state index in [1.807, 2.05) is 0 Å². The van der Waals surface area contributed by atoms with E-state index in [0.29, 0.717) is 5.69 Å². The van der Waals surface area contributed by atoms with Crippen LogP contribution in [-0.4, -0.2) is 18.7 Å². The van der Waals surface area contributed by atoms with Crippen LogP contribution in [0.4, 0.5) is 24.5 Å². The molecule has 3 rings (SSSR count). The number of benzene rings is 2. The Bertz CT molecular complexity index is 732. The largest absolute Gasteiger partial charge is 0.481 e. The molecule has 1 amide bonds. The molecule has 4 nitrogen and oxygen atoms in total. The highest BCUT2D eigenvalue weighted by Gasteiger charge is 2.48. The SMILES string of the molecule is Nc1ccc2c(c1)OCC(=O)N2C(c1ccccc1)C(F)(F)F. The molecule has 0 saturated carbocycles. The number of nitrogen functional groups attached to an aromatic ring is 1. The molecule has 1 heterocycles. The van der Waals surface area contributed by atoms with Crippen LogP contribution in [0.5, 0.6) is 5.75 Å². The monoisotopic (exact) mass is 322 g/mol. The van der Waals surface area contributed by atoms with Crippen LogP contribution in [0.15, 0.2) is 48.5 Å². The van der Waals surface area contributed by atoms with Crippen LogP contribution < -0.4 is 15.4 Å². The third-order valence-electron chi connectivity index (χ3n) is 3.55. The molecule has 0 spiro atoms. The molecule has 2 aromatic rings. The summed E-state index contributed by atoms with van der Waals surface area (Å²) in [5.41, 5.74) is 6.02. The van der Waals surface area contributed by atoms with Crippen molar-refractivity contribution in [1.29, 1.82) is 0 Å². The average molecular weight is 322 g/mol. The minimum absolute atomic E-state index is 0.0157. The molecule has 0 aromatic heterocycles. The van der Waals surface area contributed by atoms with Crippen molar-refractivity contribution in [1.82, 2.24) is 0 Å². The number of alkyl halides is 3. The first-order chi connectivity index (χ1) is 10.9. The van der Waals surface area contributed by atoms with Crippen molar-refractivity contribution in [2.45, 2.75) is 12.2 Å². The Balaban J connectivity index is 2.15. The molecule has 0 radical (unpaired) electrons. The number of carbonyl (C=O) groups excluding carboxylic acids is 1. The maximum atomic E-state index is 13.7. The topological polar surface area (TPSA) is 55.6 Å². The summed E-state index contributed by atoms with van der Waals surface area (Å²) in [5.74, 6) is -0.594. The predicted molar refractivity (Wildman–Crippen MR) is 79.1 cm³/mol. The van der Waals surface area contributed by atoms with E-state index in [1.165, 1.54) is 42.5 Å². The van der Waals surface area contributed by atoms with E-state index in [0.717, 1.165) is 4.90 Å². The van der Waals surface area contributed by atoms with E-state index in [1.54, 1.807) is 6.07 Å². The summed E-state index contributed by atoms with van der Waals surface area (Å²) in [7, 11) is 0. The van der Waals surface area contributed by atoms with E-state index < -0.39 is 24.7 Å². The molecule has 1 atom stereocenters. The first kappa shape index (κ1) is 15.2. The molecular formula is C16H13F3N2O2. The van der Waals surface area contributed by atoms with Gasteiger partial charge in [0.05, 0.1) is 5.69 Å². The van der Waals surface area contributed by atoms with Gasteiger partial charge in [0.25, 0.3) is 5.91 Å². The smallest absolute Gasteiger partial charge is 0.413 e. The van der Waals surface area contributed by atoms with Gasteiger partial charge < -0.3 is 10.5 Å². The number of anilines is 2. The Morgan fingerprint density at radius 1 is 1.13 bits per heavy atom. The van der Waals surface area contributed by atoms with Crippen LogP contribution in [0.2, 0.25) is 0 Å². The Morgan fingerprint density at radius 3 is 2.48 bits per heavy atom. The number of hydrogen-bond donors (Lipinski definition) is 1. The van der Waals surface area contributed by atoms with Crippen molar-refractivity contribution in [3.05, 3.63) is 54.1 Å². The van der Waals surface area contributed by atoms with Gasteiger partial charge in [-0.05, 0) is 17.7 Å². The van der Waals surface area contributed by atoms with Gasteiger partial charge in [0.15, 0.2) is 12.6 Å². The van der Waals surface area contributed by atoms with Gasteiger partial charge in [-0.25, -0.2) is 0 Å². The Labute approximate surface area is 130 Å². The molecule has 120 valence electrons. The maximum Gasteiger partial charge on any atom is 0.413 e. The zero-order chi connectivity index (χ0) is 16.6. The van der Waals surface area contributed by atoms with Gasteiger partial charge in [-0.1, -0.05) is 30.3 Å². The number of fused-ring (bicyclic) bond motifs is 1. The second-order valence-corrected chi connectivity index (χ2v) is 5.13. The number of carbonyl (C=O) groups is 1. The van der Waals surface area contributed by atoms with Gasteiger partial charge in [-0.3, -0.25) is 9.69 Å². The molecule has 1 aliphatic heterocycles. The molecule has 7 heteroatoms. The minimum Gasteiger partial charge on any atom is -0.481 e. The number of amides is 1. The van der Waals surface area contributed by atoms with Gasteiger partial charge in [0, 0.05) is 11.8 Å². The fourth-order valence-corrected chi connectivity index (χ4v) is 2.59. The van der Waals surface area contributed by atoms with Gasteiger partial charge in [0.2, 0.25) is 0 Å². The van der Waals surface area contributed by atoms with E-state index in [2.05, 4.69) is 0 Å². The highest BCUT2D eigenvalue weighted by molar-refractivity contribution is 5.99. The second kappa shape index (κ2) is 5.49. The third-order valence-corrected chi connectivity index (χ3v) is 3.55. The molecule has 0 bridgehead atoms. The van der Waals surface area contributed by atoms with Crippen LogP contribution in [0.3, 0.4) is 0 Å². The average Bonchev–Trinajstić information content (AvgIpc) is 2.50. The summed E-state index contributed by atoms with van der Waals surface area (Å²) < 4.78 is 46.2. The molecule has 0 aliphatic carbocycles. The zero-order valence-corrected chi connectivity index (χ0v) is 11.9. The Kier molecular flexibility index (Phi) is 3.63. The zero-order valence-electron chi connectivity index (χ0n) is 11.9. The van der Waals surface area contributed by atoms with Crippen molar-refractivity contribution in [2.24, 2.45) is 0 Å². The molecule has 0 saturated heterocycles. The molecule has 1 unspecified atom stereocenters. The molecule has 2 aromatic carbocycles. The lowest BCUT2D eigenvalue weighted by molar-refractivity contribution is -0.156. The van der Waals surface area contributed by atoms with Gasteiger partial charge in [0.1, 0.15) is 5.75 Å². The molecular weight excluding hydrogens is 309 g/mol. The number of rotatable bonds is 2. The molecule has 23 heavy (non-hydrogen) atoms. The number of ether oxygens (including phenoxy) is 1. The maximum absolute atomic E-state index is 13.7. The van der Waals surface area contributed by atoms with Crippen molar-refractivity contribution in [2.75, 3.05) is 17.2 Å². The summed E-state index contributed by atoms with van der Waals surface area (Å²) >= 11 is 0. The Morgan fingerprint density at radius 2 is 1.83 bits per heavy atom. The van der Waals surface area contributed by atoms with Gasteiger partial charge in [-0.2, -0.15) is 13.2 Å². The summed E-state index contributed by atoms with van der Waals surface area (Å²) in [6.45, 7) is -0.462. The van der Waals surface area contributed by atoms with Crippen LogP contribution >= 0.6 is 0 Å². The van der Waals surface area contributed by atoms with E-state index in [-0.39, 0.29) is 17.0 Å². The van der Waals surface area contributed by atoms with Crippen molar-refractivity contribution in [3.8, 4) is 5.75 Å². The van der Waals surface area contributed by atoms with E-state index >= 15 is 0 Å². The van der Waals surface area contributed by atoms with Crippen molar-refractivity contribution < 1.29 is 22.7 Å². The number of nitrogens with two attached hydrogens (primary N) is 1. The Hall–Kier alpha value is -2.70. The summed E-state index contributed by atoms with van der Waals surface area (Å²) in [6, 6.07) is 9.44. The lowest BCUT2D eigenvalue weighted by Gasteiger charge is -2.37. The first-order valence-corrected chi connectivity index (χ1v) is 6.84. The molecule has 2 N–H and O–H groups in total. The normalized spacial score (nSPS) is 15.8. The minimum atomic E-state index is -4.63. The van der Waals surface area contributed by atoms with Crippen LogP contribution in [0.25, 0.3) is 0 Å². The second-order valence-electron chi connectivity index (χ2n) is 5.13. The number of nitrogens with zero attached hydrogens (tertiary/aromatic N) is 1. The predicted octanol–water partition coefficient (Wildman–Crippen LogP) is 3.30. The van der Waals surface area contributed by atoms with Crippen LogP contribution in [0.1, 0.15) is 11.6 Å². The molecule has 1 aliphatic rings. The van der Waals surface area contributed by atoms with Crippen molar-refractivity contribution in [3.63, 3.8) is 0 Å². The summed E-state index contributed by atoms with van der Waals surface area (Å²) in [5, 5.41) is 0. The number of hydrogen-bond acceptors (Lipinski definition) is 3. The summed E-state index contributed by atoms with van der Waals surface area (Å²) in [4.78, 5) is 12.9. The summed E-state index contributed by atoms with van der Waals surface area (Å²) in [6.07, 6.45) is -4.63. The van der Waals surface area contributed by atoms with E-state index in [4.69, 9.17) is 10.5 Å². The van der Waals surface area contributed by atoms with Gasteiger partial charge >= 0.3 is 6.18 Å². The first-order valence-electron chi connectivity index (χ1n) is 6.84. The van der Waals surface area contributed by atoms with Crippen LogP contribution in [-0.2, 0) is 4.79 Å². The van der Waals surface area contributed by atoms with Crippen molar-refractivity contribution >= 4 is 17.3 Å². The standard InChI is InChI=1S/C16H13F3N2O2/c17-16(18,19)15(10-4-2-1-3-5-10)21-12-7-6-11(20)8-13(12)23-9-14(21)22/h1-8,15H,9,20H2. The lowest BCUT2D eigenvalue weighted by Crippen LogP contribution is -2.46. The fraction of sp³-hybridized carbons (Fsp3) is 0.188. The third kappa shape index (κ3) is 2.81. The van der Waals surface area contributed by atoms with E-state index in [9.17, 15) is 18.0 Å². The highest BCUT2D eigenvalue weighted by atomic mass is 19.4. The van der Waals surface area contributed by atoms with Gasteiger partial charge in [-0.15, -0.1) is 0 Å². The lowest BCUT2D eigenvalue weighted by atomic mass is 10.0. The quantitative estimate of drug-likeness (QED) is 0.863. The molecule has 0 fully saturated rings.